The van der Waals surface area contributed by atoms with Crippen molar-refractivity contribution in [1.82, 2.24) is 5.32 Å². The number of amides is 1. The van der Waals surface area contributed by atoms with Gasteiger partial charge in [0.25, 0.3) is 5.91 Å². The van der Waals surface area contributed by atoms with E-state index in [2.05, 4.69) is 5.32 Å². The first-order chi connectivity index (χ1) is 10.2. The van der Waals surface area contributed by atoms with Crippen molar-refractivity contribution in [3.8, 4) is 0 Å². The lowest BCUT2D eigenvalue weighted by molar-refractivity contribution is 0.0951. The molecule has 1 atom stereocenters. The minimum absolute atomic E-state index is 0.164. The summed E-state index contributed by atoms with van der Waals surface area (Å²) in [4.78, 5) is 12.8. The Morgan fingerprint density at radius 2 is 1.71 bits per heavy atom. The lowest BCUT2D eigenvalue weighted by Gasteiger charge is -2.09. The van der Waals surface area contributed by atoms with Gasteiger partial charge in [-0.05, 0) is 24.1 Å². The number of benzene rings is 2. The first-order valence-corrected chi connectivity index (χ1v) is 8.33. The zero-order valence-electron chi connectivity index (χ0n) is 12.0. The summed E-state index contributed by atoms with van der Waals surface area (Å²) in [6, 6.07) is 17.1. The summed E-state index contributed by atoms with van der Waals surface area (Å²) in [6.45, 7) is 2.41. The molecule has 0 spiro atoms. The SMILES string of the molecule is CCS(=O)c1ccccc1C(=O)NCCc1ccccc1. The molecule has 1 unspecified atom stereocenters. The van der Waals surface area contributed by atoms with Crippen LogP contribution in [0.5, 0.6) is 0 Å². The van der Waals surface area contributed by atoms with Crippen molar-refractivity contribution in [3.05, 3.63) is 65.7 Å². The van der Waals surface area contributed by atoms with Crippen LogP contribution in [-0.2, 0) is 17.2 Å². The summed E-state index contributed by atoms with van der Waals surface area (Å²) in [5.74, 6) is 0.345. The predicted octanol–water partition coefficient (Wildman–Crippen LogP) is 2.79. The predicted molar refractivity (Wildman–Crippen MR) is 85.9 cm³/mol. The van der Waals surface area contributed by atoms with Crippen molar-refractivity contribution >= 4 is 16.7 Å². The van der Waals surface area contributed by atoms with Crippen molar-refractivity contribution in [2.75, 3.05) is 12.3 Å². The summed E-state index contributed by atoms with van der Waals surface area (Å²) in [5.41, 5.74) is 1.69. The van der Waals surface area contributed by atoms with Crippen LogP contribution in [0.3, 0.4) is 0 Å². The molecule has 1 amide bonds. The third kappa shape index (κ3) is 4.26. The first-order valence-electron chi connectivity index (χ1n) is 7.02. The maximum atomic E-state index is 12.2. The third-order valence-corrected chi connectivity index (χ3v) is 4.55. The van der Waals surface area contributed by atoms with E-state index in [1.165, 1.54) is 5.56 Å². The summed E-state index contributed by atoms with van der Waals surface area (Å²) >= 11 is 0. The average Bonchev–Trinajstić information content (AvgIpc) is 2.55. The number of rotatable bonds is 6. The van der Waals surface area contributed by atoms with Gasteiger partial charge in [-0.3, -0.25) is 9.00 Å². The van der Waals surface area contributed by atoms with Gasteiger partial charge in [0, 0.05) is 12.3 Å². The third-order valence-electron chi connectivity index (χ3n) is 3.18. The lowest BCUT2D eigenvalue weighted by Crippen LogP contribution is -2.26. The second-order valence-electron chi connectivity index (χ2n) is 4.62. The van der Waals surface area contributed by atoms with Crippen LogP contribution in [0.4, 0.5) is 0 Å². The Bertz CT molecular complexity index is 626. The molecule has 110 valence electrons. The number of carbonyl (C=O) groups is 1. The van der Waals surface area contributed by atoms with Gasteiger partial charge in [0.1, 0.15) is 0 Å². The van der Waals surface area contributed by atoms with Crippen LogP contribution >= 0.6 is 0 Å². The van der Waals surface area contributed by atoms with Crippen LogP contribution in [0.15, 0.2) is 59.5 Å². The Balaban J connectivity index is 1.99. The molecule has 0 bridgehead atoms. The first kappa shape index (κ1) is 15.4. The van der Waals surface area contributed by atoms with Crippen molar-refractivity contribution in [2.24, 2.45) is 0 Å². The molecule has 1 N–H and O–H groups in total. The second-order valence-corrected chi connectivity index (χ2v) is 6.33. The molecule has 0 aliphatic carbocycles. The quantitative estimate of drug-likeness (QED) is 0.892. The highest BCUT2D eigenvalue weighted by molar-refractivity contribution is 7.85. The van der Waals surface area contributed by atoms with Crippen LogP contribution < -0.4 is 5.32 Å². The molecule has 4 heteroatoms. The van der Waals surface area contributed by atoms with E-state index in [1.807, 2.05) is 43.3 Å². The van der Waals surface area contributed by atoms with E-state index >= 15 is 0 Å². The minimum atomic E-state index is -1.12. The zero-order valence-corrected chi connectivity index (χ0v) is 12.9. The fourth-order valence-electron chi connectivity index (χ4n) is 2.07. The molecule has 0 aliphatic rings. The molecule has 0 heterocycles. The summed E-state index contributed by atoms with van der Waals surface area (Å²) in [6.07, 6.45) is 0.783. The number of carbonyl (C=O) groups excluding carboxylic acids is 1. The molecular weight excluding hydrogens is 282 g/mol. The molecule has 0 fully saturated rings. The minimum Gasteiger partial charge on any atom is -0.352 e. The topological polar surface area (TPSA) is 46.2 Å². The average molecular weight is 301 g/mol. The van der Waals surface area contributed by atoms with Gasteiger partial charge >= 0.3 is 0 Å². The van der Waals surface area contributed by atoms with E-state index in [0.717, 1.165) is 6.42 Å². The lowest BCUT2D eigenvalue weighted by atomic mass is 10.1. The van der Waals surface area contributed by atoms with Gasteiger partial charge in [-0.25, -0.2) is 0 Å². The molecule has 21 heavy (non-hydrogen) atoms. The second kappa shape index (κ2) is 7.74. The van der Waals surface area contributed by atoms with Crippen LogP contribution in [0.2, 0.25) is 0 Å². The largest absolute Gasteiger partial charge is 0.352 e. The van der Waals surface area contributed by atoms with Gasteiger partial charge in [0.05, 0.1) is 21.3 Å². The van der Waals surface area contributed by atoms with E-state index < -0.39 is 10.8 Å². The standard InChI is InChI=1S/C17H19NO2S/c1-2-21(20)16-11-7-6-10-15(16)17(19)18-13-12-14-8-4-3-5-9-14/h3-11H,2,12-13H2,1H3,(H,18,19). The Labute approximate surface area is 127 Å². The molecule has 0 aliphatic heterocycles. The summed E-state index contributed by atoms with van der Waals surface area (Å²) in [5, 5.41) is 2.89. The molecule has 2 aromatic rings. The highest BCUT2D eigenvalue weighted by atomic mass is 32.2. The monoisotopic (exact) mass is 301 g/mol. The molecule has 2 aromatic carbocycles. The van der Waals surface area contributed by atoms with Crippen molar-refractivity contribution in [2.45, 2.75) is 18.2 Å². The fraction of sp³-hybridized carbons (Fsp3) is 0.235. The number of hydrogen-bond donors (Lipinski definition) is 1. The number of hydrogen-bond acceptors (Lipinski definition) is 2. The Morgan fingerprint density at radius 1 is 1.05 bits per heavy atom. The molecule has 0 radical (unpaired) electrons. The highest BCUT2D eigenvalue weighted by Gasteiger charge is 2.13. The van der Waals surface area contributed by atoms with E-state index in [9.17, 15) is 9.00 Å². The van der Waals surface area contributed by atoms with Gasteiger partial charge in [0.2, 0.25) is 0 Å². The Kier molecular flexibility index (Phi) is 5.69. The molecule has 3 nitrogen and oxygen atoms in total. The molecule has 0 aromatic heterocycles. The van der Waals surface area contributed by atoms with Crippen molar-refractivity contribution in [3.63, 3.8) is 0 Å². The van der Waals surface area contributed by atoms with Crippen LogP contribution in [0.25, 0.3) is 0 Å². The van der Waals surface area contributed by atoms with Crippen molar-refractivity contribution < 1.29 is 9.00 Å². The molecular formula is C17H19NO2S. The van der Waals surface area contributed by atoms with E-state index in [0.29, 0.717) is 22.8 Å². The zero-order chi connectivity index (χ0) is 15.1. The van der Waals surface area contributed by atoms with E-state index in [-0.39, 0.29) is 5.91 Å². The van der Waals surface area contributed by atoms with Gasteiger partial charge < -0.3 is 5.32 Å². The molecule has 0 saturated heterocycles. The Hall–Kier alpha value is -1.94. The van der Waals surface area contributed by atoms with E-state index in [4.69, 9.17) is 0 Å². The fourth-order valence-corrected chi connectivity index (χ4v) is 3.02. The van der Waals surface area contributed by atoms with Gasteiger partial charge in [-0.2, -0.15) is 0 Å². The summed E-state index contributed by atoms with van der Waals surface area (Å²) in [7, 11) is -1.12. The maximum Gasteiger partial charge on any atom is 0.252 e. The van der Waals surface area contributed by atoms with Crippen LogP contribution in [-0.4, -0.2) is 22.4 Å². The van der Waals surface area contributed by atoms with Crippen molar-refractivity contribution in [1.29, 1.82) is 0 Å². The smallest absolute Gasteiger partial charge is 0.252 e. The normalized spacial score (nSPS) is 11.9. The van der Waals surface area contributed by atoms with Crippen LogP contribution in [0.1, 0.15) is 22.8 Å². The summed E-state index contributed by atoms with van der Waals surface area (Å²) < 4.78 is 12.0. The maximum absolute atomic E-state index is 12.2. The van der Waals surface area contributed by atoms with E-state index in [1.54, 1.807) is 18.2 Å². The highest BCUT2D eigenvalue weighted by Crippen LogP contribution is 2.13. The number of nitrogens with one attached hydrogen (secondary N) is 1. The van der Waals surface area contributed by atoms with Gasteiger partial charge in [0.15, 0.2) is 0 Å². The van der Waals surface area contributed by atoms with Gasteiger partial charge in [-0.1, -0.05) is 49.4 Å². The van der Waals surface area contributed by atoms with Crippen LogP contribution in [0, 0.1) is 0 Å². The Morgan fingerprint density at radius 3 is 2.43 bits per heavy atom. The van der Waals surface area contributed by atoms with Gasteiger partial charge in [-0.15, -0.1) is 0 Å². The molecule has 2 rings (SSSR count). The molecule has 0 saturated carbocycles.